The number of hydrogen-bond acceptors (Lipinski definition) is 3. The summed E-state index contributed by atoms with van der Waals surface area (Å²) < 4.78 is 0. The van der Waals surface area contributed by atoms with Crippen molar-refractivity contribution in [3.05, 3.63) is 0 Å². The summed E-state index contributed by atoms with van der Waals surface area (Å²) in [6, 6.07) is -0.774. The van der Waals surface area contributed by atoms with Gasteiger partial charge in [0, 0.05) is 0 Å². The molecule has 0 aromatic heterocycles. The zero-order valence-electron chi connectivity index (χ0n) is 6.62. The summed E-state index contributed by atoms with van der Waals surface area (Å²) in [5.74, 6) is 0. The highest BCUT2D eigenvalue weighted by molar-refractivity contribution is 5.70. The van der Waals surface area contributed by atoms with Crippen LogP contribution in [0.4, 0.5) is 4.79 Å². The number of hydrogen-bond donors (Lipinski definition) is 2. The molecule has 0 atom stereocenters. The monoisotopic (exact) mass is 162 g/mol. The summed E-state index contributed by atoms with van der Waals surface area (Å²) >= 11 is 0. The highest BCUT2D eigenvalue weighted by Gasteiger charge is 2.06. The van der Waals surface area contributed by atoms with Gasteiger partial charge >= 0.3 is 6.03 Å². The quantitative estimate of drug-likeness (QED) is 0.340. The Labute approximate surface area is 65.7 Å². The van der Waals surface area contributed by atoms with Crippen LogP contribution in [-0.2, 0) is 4.84 Å². The lowest BCUT2D eigenvalue weighted by Crippen LogP contribution is -2.36. The van der Waals surface area contributed by atoms with E-state index in [4.69, 9.17) is 15.7 Å². The molecular weight excluding hydrogens is 148 g/mol. The van der Waals surface area contributed by atoms with E-state index in [2.05, 4.69) is 0 Å². The first-order valence-electron chi connectivity index (χ1n) is 3.53. The Morgan fingerprint density at radius 1 is 1.73 bits per heavy atom. The molecule has 0 unspecified atom stereocenters. The van der Waals surface area contributed by atoms with Gasteiger partial charge in [-0.05, 0) is 6.42 Å². The lowest BCUT2D eigenvalue weighted by Gasteiger charge is -2.15. The Balaban J connectivity index is 3.44. The first kappa shape index (κ1) is 10.2. The van der Waals surface area contributed by atoms with Gasteiger partial charge in [0.15, 0.2) is 0 Å². The minimum atomic E-state index is -0.774. The van der Waals surface area contributed by atoms with E-state index in [9.17, 15) is 4.79 Å². The highest BCUT2D eigenvalue weighted by atomic mass is 16.7. The van der Waals surface area contributed by atoms with E-state index in [1.54, 1.807) is 0 Å². The van der Waals surface area contributed by atoms with Crippen LogP contribution in [0, 0.1) is 0 Å². The predicted octanol–water partition coefficient (Wildman–Crippen LogP) is 0.0486. The molecule has 5 nitrogen and oxygen atoms in total. The molecule has 0 heterocycles. The van der Waals surface area contributed by atoms with E-state index in [1.165, 1.54) is 0 Å². The third-order valence-corrected chi connectivity index (χ3v) is 1.12. The number of primary amides is 1. The number of amides is 2. The summed E-state index contributed by atoms with van der Waals surface area (Å²) in [6.07, 6.45) is 1.81. The van der Waals surface area contributed by atoms with E-state index in [0.29, 0.717) is 6.61 Å². The van der Waals surface area contributed by atoms with Gasteiger partial charge in [0.2, 0.25) is 0 Å². The molecule has 2 amide bonds. The smallest absolute Gasteiger partial charge is 0.340 e. The first-order valence-corrected chi connectivity index (χ1v) is 3.53. The van der Waals surface area contributed by atoms with Crippen molar-refractivity contribution in [2.45, 2.75) is 19.8 Å². The minimum Gasteiger partial charge on any atom is -0.374 e. The van der Waals surface area contributed by atoms with Gasteiger partial charge < -0.3 is 10.8 Å². The highest BCUT2D eigenvalue weighted by Crippen LogP contribution is 1.92. The number of carbonyl (C=O) groups excluding carboxylic acids is 1. The van der Waals surface area contributed by atoms with Crippen LogP contribution >= 0.6 is 0 Å². The summed E-state index contributed by atoms with van der Waals surface area (Å²) in [5, 5.41) is 9.21. The lowest BCUT2D eigenvalue weighted by molar-refractivity contribution is -0.154. The maximum atomic E-state index is 10.4. The Kier molecular flexibility index (Phi) is 5.50. The van der Waals surface area contributed by atoms with Crippen molar-refractivity contribution in [2.24, 2.45) is 5.73 Å². The van der Waals surface area contributed by atoms with E-state index >= 15 is 0 Å². The van der Waals surface area contributed by atoms with Crippen LogP contribution in [-0.4, -0.2) is 29.5 Å². The van der Waals surface area contributed by atoms with E-state index in [1.807, 2.05) is 6.92 Å². The molecule has 0 radical (unpaired) electrons. The summed E-state index contributed by atoms with van der Waals surface area (Å²) in [4.78, 5) is 15.2. The Bertz CT molecular complexity index is 118. The fourth-order valence-corrected chi connectivity index (χ4v) is 0.493. The zero-order valence-corrected chi connectivity index (χ0v) is 6.62. The van der Waals surface area contributed by atoms with Crippen LogP contribution in [0.2, 0.25) is 0 Å². The van der Waals surface area contributed by atoms with Crippen LogP contribution < -0.4 is 5.73 Å². The summed E-state index contributed by atoms with van der Waals surface area (Å²) in [7, 11) is 0. The average Bonchev–Trinajstić information content (AvgIpc) is 1.97. The van der Waals surface area contributed by atoms with Crippen LogP contribution in [0.1, 0.15) is 19.8 Å². The molecule has 66 valence electrons. The SMILES string of the molecule is CCCCON(CO)C(N)=O. The molecule has 11 heavy (non-hydrogen) atoms. The molecule has 0 fully saturated rings. The Hall–Kier alpha value is -0.810. The van der Waals surface area contributed by atoms with Crippen molar-refractivity contribution >= 4 is 6.03 Å². The van der Waals surface area contributed by atoms with Crippen molar-refractivity contribution in [3.63, 3.8) is 0 Å². The molecule has 0 saturated heterocycles. The molecular formula is C6H14N2O3. The van der Waals surface area contributed by atoms with E-state index < -0.39 is 12.8 Å². The van der Waals surface area contributed by atoms with Crippen LogP contribution in [0.15, 0.2) is 0 Å². The lowest BCUT2D eigenvalue weighted by atomic mass is 10.4. The topological polar surface area (TPSA) is 75.8 Å². The van der Waals surface area contributed by atoms with Gasteiger partial charge in [-0.25, -0.2) is 4.79 Å². The van der Waals surface area contributed by atoms with E-state index in [0.717, 1.165) is 17.9 Å². The van der Waals surface area contributed by atoms with Crippen molar-refractivity contribution < 1.29 is 14.7 Å². The number of nitrogens with zero attached hydrogens (tertiary/aromatic N) is 1. The zero-order chi connectivity index (χ0) is 8.69. The Morgan fingerprint density at radius 2 is 2.36 bits per heavy atom. The molecule has 0 aliphatic rings. The maximum absolute atomic E-state index is 10.4. The predicted molar refractivity (Wildman–Crippen MR) is 39.4 cm³/mol. The minimum absolute atomic E-state index is 0.403. The molecule has 3 N–H and O–H groups in total. The number of aliphatic hydroxyl groups is 1. The molecule has 0 saturated carbocycles. The first-order chi connectivity index (χ1) is 5.22. The normalized spacial score (nSPS) is 9.64. The number of urea groups is 1. The van der Waals surface area contributed by atoms with Crippen LogP contribution in [0.5, 0.6) is 0 Å². The van der Waals surface area contributed by atoms with Gasteiger partial charge in [0.25, 0.3) is 0 Å². The second-order valence-electron chi connectivity index (χ2n) is 2.04. The number of unbranched alkanes of at least 4 members (excludes halogenated alkanes) is 1. The van der Waals surface area contributed by atoms with Crippen molar-refractivity contribution in [2.75, 3.05) is 13.3 Å². The fourth-order valence-electron chi connectivity index (χ4n) is 0.493. The number of carbonyl (C=O) groups is 1. The van der Waals surface area contributed by atoms with Crippen molar-refractivity contribution in [1.29, 1.82) is 0 Å². The average molecular weight is 162 g/mol. The molecule has 5 heteroatoms. The fraction of sp³-hybridized carbons (Fsp3) is 0.833. The maximum Gasteiger partial charge on any atom is 0.340 e. The van der Waals surface area contributed by atoms with Crippen molar-refractivity contribution in [1.82, 2.24) is 5.06 Å². The van der Waals surface area contributed by atoms with Crippen LogP contribution in [0.3, 0.4) is 0 Å². The number of nitrogens with two attached hydrogens (primary N) is 1. The van der Waals surface area contributed by atoms with Gasteiger partial charge in [0.05, 0.1) is 6.61 Å². The second kappa shape index (κ2) is 5.94. The molecule has 0 bridgehead atoms. The molecule has 0 aromatic rings. The van der Waals surface area contributed by atoms with Gasteiger partial charge in [-0.15, -0.1) is 0 Å². The number of aliphatic hydroxyl groups excluding tert-OH is 1. The Morgan fingerprint density at radius 3 is 2.73 bits per heavy atom. The number of rotatable bonds is 5. The molecule has 0 spiro atoms. The third kappa shape index (κ3) is 4.58. The third-order valence-electron chi connectivity index (χ3n) is 1.12. The second-order valence-corrected chi connectivity index (χ2v) is 2.04. The van der Waals surface area contributed by atoms with Crippen molar-refractivity contribution in [3.8, 4) is 0 Å². The molecule has 0 rings (SSSR count). The van der Waals surface area contributed by atoms with Gasteiger partial charge in [-0.3, -0.25) is 4.84 Å². The largest absolute Gasteiger partial charge is 0.374 e. The molecule has 0 aliphatic carbocycles. The summed E-state index contributed by atoms with van der Waals surface area (Å²) in [5.41, 5.74) is 4.83. The van der Waals surface area contributed by atoms with Gasteiger partial charge in [0.1, 0.15) is 6.73 Å². The van der Waals surface area contributed by atoms with E-state index in [-0.39, 0.29) is 0 Å². The van der Waals surface area contributed by atoms with Gasteiger partial charge in [-0.1, -0.05) is 13.3 Å². The standard InChI is InChI=1S/C6H14N2O3/c1-2-3-4-11-8(5-9)6(7)10/h9H,2-5H2,1H3,(H2,7,10). The van der Waals surface area contributed by atoms with Crippen LogP contribution in [0.25, 0.3) is 0 Å². The number of hydroxylamine groups is 2. The van der Waals surface area contributed by atoms with Gasteiger partial charge in [-0.2, -0.15) is 5.06 Å². The molecule has 0 aliphatic heterocycles. The summed E-state index contributed by atoms with van der Waals surface area (Å²) in [6.45, 7) is 1.90. The molecule has 0 aromatic carbocycles.